The van der Waals surface area contributed by atoms with Crippen molar-refractivity contribution in [3.05, 3.63) is 35.6 Å². The van der Waals surface area contributed by atoms with Gasteiger partial charge in [-0.3, -0.25) is 4.79 Å². The van der Waals surface area contributed by atoms with Crippen LogP contribution in [0.5, 0.6) is 0 Å². The average Bonchev–Trinajstić information content (AvgIpc) is 2.92. The van der Waals surface area contributed by atoms with Crippen molar-refractivity contribution in [1.82, 2.24) is 5.32 Å². The Kier molecular flexibility index (Phi) is 6.58. The molecule has 0 aliphatic heterocycles. The summed E-state index contributed by atoms with van der Waals surface area (Å²) >= 11 is 0. The van der Waals surface area contributed by atoms with Gasteiger partial charge in [-0.1, -0.05) is 18.2 Å². The molecule has 1 aromatic carbocycles. The Bertz CT molecular complexity index is 736. The van der Waals surface area contributed by atoms with Crippen LogP contribution in [0.3, 0.4) is 0 Å². The first-order chi connectivity index (χ1) is 12.0. The number of hydrogen-bond acceptors (Lipinski definition) is 4. The zero-order chi connectivity index (χ0) is 18.4. The third kappa shape index (κ3) is 4.82. The van der Waals surface area contributed by atoms with E-state index in [1.807, 2.05) is 45.0 Å². The molecule has 0 aliphatic carbocycles. The number of para-hydroxylation sites is 1. The van der Waals surface area contributed by atoms with Gasteiger partial charge in [-0.2, -0.15) is 0 Å². The van der Waals surface area contributed by atoms with Gasteiger partial charge in [0.15, 0.2) is 6.54 Å². The molecule has 1 heterocycles. The Labute approximate surface area is 148 Å². The third-order valence-corrected chi connectivity index (χ3v) is 3.95. The molecule has 0 radical (unpaired) electrons. The summed E-state index contributed by atoms with van der Waals surface area (Å²) < 4.78 is 10.9. The molecular weight excluding hydrogens is 320 g/mol. The van der Waals surface area contributed by atoms with Gasteiger partial charge in [-0.25, -0.2) is 4.79 Å². The van der Waals surface area contributed by atoms with E-state index in [4.69, 9.17) is 9.15 Å². The van der Waals surface area contributed by atoms with Gasteiger partial charge < -0.3 is 19.4 Å². The van der Waals surface area contributed by atoms with Crippen molar-refractivity contribution in [2.24, 2.45) is 0 Å². The SMILES string of the molecule is CCOC(=O)c1oc2ccccc2c1C[NH+](CC)CC(=O)NC(C)C. The number of esters is 1. The molecule has 0 spiro atoms. The van der Waals surface area contributed by atoms with Crippen LogP contribution < -0.4 is 10.2 Å². The predicted molar refractivity (Wildman–Crippen MR) is 95.5 cm³/mol. The first-order valence-corrected chi connectivity index (χ1v) is 8.76. The van der Waals surface area contributed by atoms with Gasteiger partial charge in [0.25, 0.3) is 5.91 Å². The summed E-state index contributed by atoms with van der Waals surface area (Å²) in [6, 6.07) is 7.64. The number of carbonyl (C=O) groups excluding carboxylic acids is 2. The number of hydrogen-bond donors (Lipinski definition) is 2. The Balaban J connectivity index is 2.29. The molecule has 2 N–H and O–H groups in total. The van der Waals surface area contributed by atoms with Crippen LogP contribution in [-0.4, -0.2) is 37.6 Å². The summed E-state index contributed by atoms with van der Waals surface area (Å²) in [5.74, 6) is -0.230. The summed E-state index contributed by atoms with van der Waals surface area (Å²) in [7, 11) is 0. The van der Waals surface area contributed by atoms with E-state index in [1.54, 1.807) is 6.92 Å². The third-order valence-electron chi connectivity index (χ3n) is 3.95. The maximum absolute atomic E-state index is 12.3. The fourth-order valence-corrected chi connectivity index (χ4v) is 2.80. The highest BCUT2D eigenvalue weighted by Gasteiger charge is 2.25. The molecule has 136 valence electrons. The summed E-state index contributed by atoms with van der Waals surface area (Å²) in [6.07, 6.45) is 0. The molecule has 0 aliphatic rings. The number of ether oxygens (including phenoxy) is 1. The van der Waals surface area contributed by atoms with Crippen LogP contribution in [-0.2, 0) is 16.1 Å². The lowest BCUT2D eigenvalue weighted by Gasteiger charge is -2.18. The molecule has 25 heavy (non-hydrogen) atoms. The number of amides is 1. The number of furan rings is 1. The molecule has 1 aromatic heterocycles. The van der Waals surface area contributed by atoms with Crippen LogP contribution >= 0.6 is 0 Å². The van der Waals surface area contributed by atoms with Gasteiger partial charge in [-0.15, -0.1) is 0 Å². The van der Waals surface area contributed by atoms with E-state index >= 15 is 0 Å². The molecule has 0 saturated heterocycles. The molecule has 1 amide bonds. The molecule has 2 rings (SSSR count). The van der Waals surface area contributed by atoms with E-state index in [-0.39, 0.29) is 24.3 Å². The molecule has 6 heteroatoms. The first-order valence-electron chi connectivity index (χ1n) is 8.76. The number of likely N-dealkylation sites (N-methyl/N-ethyl adjacent to an activating group) is 1. The second-order valence-electron chi connectivity index (χ2n) is 6.31. The van der Waals surface area contributed by atoms with Crippen LogP contribution in [0.15, 0.2) is 28.7 Å². The van der Waals surface area contributed by atoms with Crippen molar-refractivity contribution >= 4 is 22.8 Å². The smallest absolute Gasteiger partial charge is 0.374 e. The lowest BCUT2D eigenvalue weighted by Crippen LogP contribution is -3.11. The Hall–Kier alpha value is -2.34. The molecule has 0 saturated carbocycles. The monoisotopic (exact) mass is 347 g/mol. The highest BCUT2D eigenvalue weighted by Crippen LogP contribution is 2.26. The van der Waals surface area contributed by atoms with Gasteiger partial charge in [0.2, 0.25) is 5.76 Å². The fourth-order valence-electron chi connectivity index (χ4n) is 2.80. The number of fused-ring (bicyclic) bond motifs is 1. The van der Waals surface area contributed by atoms with E-state index in [2.05, 4.69) is 5.32 Å². The lowest BCUT2D eigenvalue weighted by atomic mass is 10.1. The molecule has 1 atom stereocenters. The largest absolute Gasteiger partial charge is 0.460 e. The highest BCUT2D eigenvalue weighted by molar-refractivity contribution is 5.96. The molecule has 2 aromatic rings. The van der Waals surface area contributed by atoms with Crippen LogP contribution in [0.4, 0.5) is 0 Å². The first kappa shape index (κ1) is 19.0. The van der Waals surface area contributed by atoms with Crippen LogP contribution in [0.1, 0.15) is 43.8 Å². The molecule has 1 unspecified atom stereocenters. The number of nitrogens with one attached hydrogen (secondary N) is 2. The number of rotatable bonds is 8. The zero-order valence-corrected chi connectivity index (χ0v) is 15.3. The van der Waals surface area contributed by atoms with E-state index in [0.29, 0.717) is 18.7 Å². The Morgan fingerprint density at radius 3 is 2.60 bits per heavy atom. The van der Waals surface area contributed by atoms with E-state index in [1.165, 1.54) is 0 Å². The lowest BCUT2D eigenvalue weighted by molar-refractivity contribution is -0.904. The summed E-state index contributed by atoms with van der Waals surface area (Å²) in [5, 5.41) is 3.80. The van der Waals surface area contributed by atoms with Crippen molar-refractivity contribution < 1.29 is 23.6 Å². The zero-order valence-electron chi connectivity index (χ0n) is 15.3. The van der Waals surface area contributed by atoms with Gasteiger partial charge in [0.05, 0.1) is 18.7 Å². The molecular formula is C19H27N2O4+. The number of benzene rings is 1. The van der Waals surface area contributed by atoms with E-state index in [9.17, 15) is 9.59 Å². The maximum Gasteiger partial charge on any atom is 0.374 e. The Morgan fingerprint density at radius 2 is 1.96 bits per heavy atom. The van der Waals surface area contributed by atoms with Gasteiger partial charge in [0.1, 0.15) is 12.1 Å². The van der Waals surface area contributed by atoms with Crippen molar-refractivity contribution in [2.75, 3.05) is 19.7 Å². The molecule has 0 bridgehead atoms. The quantitative estimate of drug-likeness (QED) is 0.711. The van der Waals surface area contributed by atoms with Crippen LogP contribution in [0.25, 0.3) is 11.0 Å². The van der Waals surface area contributed by atoms with Gasteiger partial charge in [0, 0.05) is 11.4 Å². The maximum atomic E-state index is 12.3. The molecule has 6 nitrogen and oxygen atoms in total. The van der Waals surface area contributed by atoms with Crippen LogP contribution in [0, 0.1) is 0 Å². The van der Waals surface area contributed by atoms with Gasteiger partial charge >= 0.3 is 5.97 Å². The highest BCUT2D eigenvalue weighted by atomic mass is 16.5. The minimum absolute atomic E-state index is 0.00247. The normalized spacial score (nSPS) is 12.4. The standard InChI is InChI=1S/C19H26N2O4/c1-5-21(12-17(22)20-13(3)4)11-15-14-9-7-8-10-16(14)25-18(15)19(23)24-6-2/h7-10,13H,5-6,11-12H2,1-4H3,(H,20,22)/p+1. The fraction of sp³-hybridized carbons (Fsp3) is 0.474. The van der Waals surface area contributed by atoms with Crippen molar-refractivity contribution in [2.45, 2.75) is 40.3 Å². The van der Waals surface area contributed by atoms with Crippen LogP contribution in [0.2, 0.25) is 0 Å². The summed E-state index contributed by atoms with van der Waals surface area (Å²) in [6.45, 7) is 9.57. The van der Waals surface area contributed by atoms with Crippen molar-refractivity contribution in [3.63, 3.8) is 0 Å². The minimum Gasteiger partial charge on any atom is -0.460 e. The van der Waals surface area contributed by atoms with E-state index in [0.717, 1.165) is 22.4 Å². The Morgan fingerprint density at radius 1 is 1.24 bits per heavy atom. The van der Waals surface area contributed by atoms with E-state index < -0.39 is 5.97 Å². The molecule has 0 fully saturated rings. The summed E-state index contributed by atoms with van der Waals surface area (Å²) in [5.41, 5.74) is 1.45. The van der Waals surface area contributed by atoms with Crippen molar-refractivity contribution in [3.8, 4) is 0 Å². The van der Waals surface area contributed by atoms with Gasteiger partial charge in [-0.05, 0) is 33.8 Å². The summed E-state index contributed by atoms with van der Waals surface area (Å²) in [4.78, 5) is 25.4. The second-order valence-corrected chi connectivity index (χ2v) is 6.31. The number of quaternary nitrogens is 1. The number of carbonyl (C=O) groups is 2. The van der Waals surface area contributed by atoms with Crippen molar-refractivity contribution in [1.29, 1.82) is 0 Å². The average molecular weight is 347 g/mol. The topological polar surface area (TPSA) is 73.0 Å². The minimum atomic E-state index is -0.462. The second kappa shape index (κ2) is 8.67. The predicted octanol–water partition coefficient (Wildman–Crippen LogP) is 1.54.